The second kappa shape index (κ2) is 5.87. The first-order valence-corrected chi connectivity index (χ1v) is 6.45. The summed E-state index contributed by atoms with van der Waals surface area (Å²) in [5.74, 6) is 0. The average Bonchev–Trinajstić information content (AvgIpc) is 2.25. The second-order valence-corrected chi connectivity index (χ2v) is 4.75. The summed E-state index contributed by atoms with van der Waals surface area (Å²) < 4.78 is 0. The largest absolute Gasteiger partial charge is 0.383 e. The van der Waals surface area contributed by atoms with Crippen molar-refractivity contribution in [3.8, 4) is 0 Å². The van der Waals surface area contributed by atoms with Gasteiger partial charge in [-0.3, -0.25) is 0 Å². The maximum atomic E-state index is 3.60. The van der Waals surface area contributed by atoms with Gasteiger partial charge < -0.3 is 10.6 Å². The van der Waals surface area contributed by atoms with Gasteiger partial charge in [-0.05, 0) is 49.9 Å². The number of benzene rings is 1. The molecule has 1 fully saturated rings. The quantitative estimate of drug-likeness (QED) is 0.812. The fourth-order valence-electron chi connectivity index (χ4n) is 2.15. The Bertz CT molecular complexity index is 401. The zero-order valence-corrected chi connectivity index (χ0v) is 10.8. The first-order chi connectivity index (χ1) is 8.31. The molecule has 0 amide bonds. The van der Waals surface area contributed by atoms with Crippen LogP contribution in [0.1, 0.15) is 30.4 Å². The topological polar surface area (TPSA) is 24.1 Å². The van der Waals surface area contributed by atoms with Crippen molar-refractivity contribution in [2.45, 2.75) is 32.7 Å². The molecular formula is C15H22N2. The lowest BCUT2D eigenvalue weighted by atomic mass is 9.90. The molecule has 1 aliphatic carbocycles. The van der Waals surface area contributed by atoms with Crippen molar-refractivity contribution in [2.24, 2.45) is 0 Å². The molecule has 2 heteroatoms. The molecule has 1 aliphatic rings. The molecule has 2 N–H and O–H groups in total. The molecule has 92 valence electrons. The number of allylic oxidation sites excluding steroid dienone is 1. The Kier molecular flexibility index (Phi) is 4.21. The standard InChI is InChI=1S/C15H22N2/c1-12-6-3-4-7-14(12)10-17-15(11-16-2)13-8-5-9-13/h3-4,6-7,16-17H,5,8-11H2,1-2H3. The smallest absolute Gasteiger partial charge is 0.0400 e. The Hall–Kier alpha value is -1.28. The summed E-state index contributed by atoms with van der Waals surface area (Å²) in [6.07, 6.45) is 3.91. The zero-order chi connectivity index (χ0) is 12.1. The minimum absolute atomic E-state index is 0.938. The van der Waals surface area contributed by atoms with Crippen LogP contribution in [0.2, 0.25) is 0 Å². The fourth-order valence-corrected chi connectivity index (χ4v) is 2.15. The Morgan fingerprint density at radius 2 is 2.00 bits per heavy atom. The molecule has 2 nitrogen and oxygen atoms in total. The molecule has 0 aliphatic heterocycles. The van der Waals surface area contributed by atoms with Gasteiger partial charge in [-0.1, -0.05) is 24.3 Å². The molecule has 0 spiro atoms. The Morgan fingerprint density at radius 1 is 1.24 bits per heavy atom. The third kappa shape index (κ3) is 3.10. The van der Waals surface area contributed by atoms with Gasteiger partial charge in [0.25, 0.3) is 0 Å². The van der Waals surface area contributed by atoms with Crippen molar-refractivity contribution in [1.82, 2.24) is 10.6 Å². The Morgan fingerprint density at radius 3 is 2.59 bits per heavy atom. The maximum Gasteiger partial charge on any atom is 0.0400 e. The summed E-state index contributed by atoms with van der Waals surface area (Å²) in [4.78, 5) is 0. The van der Waals surface area contributed by atoms with E-state index in [1.807, 2.05) is 7.05 Å². The summed E-state index contributed by atoms with van der Waals surface area (Å²) >= 11 is 0. The Labute approximate surface area is 104 Å². The lowest BCUT2D eigenvalue weighted by Gasteiger charge is -2.23. The van der Waals surface area contributed by atoms with E-state index in [0.29, 0.717) is 0 Å². The molecule has 0 atom stereocenters. The summed E-state index contributed by atoms with van der Waals surface area (Å²) in [5, 5.41) is 6.84. The van der Waals surface area contributed by atoms with Crippen LogP contribution in [0.3, 0.4) is 0 Å². The van der Waals surface area contributed by atoms with Crippen LogP contribution < -0.4 is 10.6 Å². The lowest BCUT2D eigenvalue weighted by molar-refractivity contribution is 0.609. The first kappa shape index (κ1) is 12.2. The molecule has 0 radical (unpaired) electrons. The molecule has 17 heavy (non-hydrogen) atoms. The summed E-state index contributed by atoms with van der Waals surface area (Å²) in [6, 6.07) is 8.58. The van der Waals surface area contributed by atoms with Gasteiger partial charge in [0.2, 0.25) is 0 Å². The normalized spacial score (nSPS) is 14.4. The average molecular weight is 230 g/mol. The molecular weight excluding hydrogens is 208 g/mol. The molecule has 0 aromatic heterocycles. The fraction of sp³-hybridized carbons (Fsp3) is 0.467. The molecule has 0 saturated heterocycles. The van der Waals surface area contributed by atoms with Crippen LogP contribution in [0.4, 0.5) is 0 Å². The highest BCUT2D eigenvalue weighted by Gasteiger charge is 2.13. The number of hydrogen-bond acceptors (Lipinski definition) is 2. The van der Waals surface area contributed by atoms with Crippen molar-refractivity contribution in [2.75, 3.05) is 13.6 Å². The second-order valence-electron chi connectivity index (χ2n) is 4.75. The molecule has 0 unspecified atom stereocenters. The van der Waals surface area contributed by atoms with Crippen molar-refractivity contribution in [3.63, 3.8) is 0 Å². The predicted octanol–water partition coefficient (Wildman–Crippen LogP) is 2.74. The van der Waals surface area contributed by atoms with E-state index in [1.165, 1.54) is 36.1 Å². The highest BCUT2D eigenvalue weighted by atomic mass is 14.9. The minimum Gasteiger partial charge on any atom is -0.383 e. The number of rotatable bonds is 5. The van der Waals surface area contributed by atoms with E-state index < -0.39 is 0 Å². The number of nitrogens with one attached hydrogen (secondary N) is 2. The van der Waals surface area contributed by atoms with Gasteiger partial charge in [-0.25, -0.2) is 0 Å². The van der Waals surface area contributed by atoms with E-state index in [2.05, 4.69) is 41.8 Å². The van der Waals surface area contributed by atoms with Crippen LogP contribution in [0, 0.1) is 6.92 Å². The third-order valence-corrected chi connectivity index (χ3v) is 3.49. The van der Waals surface area contributed by atoms with E-state index in [1.54, 1.807) is 5.57 Å². The molecule has 0 heterocycles. The van der Waals surface area contributed by atoms with Gasteiger partial charge >= 0.3 is 0 Å². The molecule has 2 rings (SSSR count). The lowest BCUT2D eigenvalue weighted by Crippen LogP contribution is -2.26. The van der Waals surface area contributed by atoms with Gasteiger partial charge in [0, 0.05) is 18.8 Å². The molecule has 1 aromatic carbocycles. The van der Waals surface area contributed by atoms with Gasteiger partial charge in [-0.15, -0.1) is 0 Å². The molecule has 1 saturated carbocycles. The predicted molar refractivity (Wildman–Crippen MR) is 72.8 cm³/mol. The maximum absolute atomic E-state index is 3.60. The number of aryl methyl sites for hydroxylation is 1. The number of hydrogen-bond donors (Lipinski definition) is 2. The zero-order valence-electron chi connectivity index (χ0n) is 10.8. The van der Waals surface area contributed by atoms with Gasteiger partial charge in [0.1, 0.15) is 0 Å². The summed E-state index contributed by atoms with van der Waals surface area (Å²) in [6.45, 7) is 4.07. The van der Waals surface area contributed by atoms with E-state index in [-0.39, 0.29) is 0 Å². The van der Waals surface area contributed by atoms with Crippen LogP contribution in [-0.2, 0) is 6.54 Å². The highest BCUT2D eigenvalue weighted by Crippen LogP contribution is 2.27. The monoisotopic (exact) mass is 230 g/mol. The van der Waals surface area contributed by atoms with Gasteiger partial charge in [0.05, 0.1) is 0 Å². The van der Waals surface area contributed by atoms with Crippen LogP contribution >= 0.6 is 0 Å². The van der Waals surface area contributed by atoms with Gasteiger partial charge in [0.15, 0.2) is 0 Å². The Balaban J connectivity index is 1.98. The van der Waals surface area contributed by atoms with E-state index >= 15 is 0 Å². The van der Waals surface area contributed by atoms with Crippen molar-refractivity contribution in [3.05, 3.63) is 46.7 Å². The van der Waals surface area contributed by atoms with E-state index in [9.17, 15) is 0 Å². The molecule has 0 bridgehead atoms. The molecule has 1 aromatic rings. The van der Waals surface area contributed by atoms with Crippen LogP contribution in [0.15, 0.2) is 35.5 Å². The van der Waals surface area contributed by atoms with Crippen LogP contribution in [0.25, 0.3) is 0 Å². The SMILES string of the molecule is CNCC(NCc1ccccc1C)=C1CCC1. The third-order valence-electron chi connectivity index (χ3n) is 3.49. The minimum atomic E-state index is 0.938. The summed E-state index contributed by atoms with van der Waals surface area (Å²) in [5.41, 5.74) is 5.76. The van der Waals surface area contributed by atoms with Gasteiger partial charge in [-0.2, -0.15) is 0 Å². The highest BCUT2D eigenvalue weighted by molar-refractivity contribution is 5.27. The van der Waals surface area contributed by atoms with Crippen molar-refractivity contribution in [1.29, 1.82) is 0 Å². The van der Waals surface area contributed by atoms with Crippen LogP contribution in [-0.4, -0.2) is 13.6 Å². The number of likely N-dealkylation sites (N-methyl/N-ethyl adjacent to an activating group) is 1. The van der Waals surface area contributed by atoms with Crippen LogP contribution in [0.5, 0.6) is 0 Å². The van der Waals surface area contributed by atoms with E-state index in [4.69, 9.17) is 0 Å². The summed E-state index contributed by atoms with van der Waals surface area (Å²) in [7, 11) is 2.01. The first-order valence-electron chi connectivity index (χ1n) is 6.45. The van der Waals surface area contributed by atoms with Crippen molar-refractivity contribution >= 4 is 0 Å². The van der Waals surface area contributed by atoms with E-state index in [0.717, 1.165) is 13.1 Å². The van der Waals surface area contributed by atoms with Crippen molar-refractivity contribution < 1.29 is 0 Å².